The lowest BCUT2D eigenvalue weighted by Gasteiger charge is -2.12. The van der Waals surface area contributed by atoms with Crippen LogP contribution < -0.4 is 11.1 Å². The van der Waals surface area contributed by atoms with Crippen molar-refractivity contribution >= 4 is 44.6 Å². The maximum atomic E-state index is 11.4. The van der Waals surface area contributed by atoms with Crippen molar-refractivity contribution in [3.05, 3.63) is 29.4 Å². The van der Waals surface area contributed by atoms with Gasteiger partial charge >= 0.3 is 0 Å². The molecule has 5 rings (SSSR count). The summed E-state index contributed by atoms with van der Waals surface area (Å²) >= 11 is 1.64. The molecule has 1 amide bonds. The number of nitrogens with two attached hydrogens (primary N) is 1. The minimum atomic E-state index is -0.239. The Labute approximate surface area is 164 Å². The molecule has 4 aromatic rings. The largest absolute Gasteiger partial charge is 0.369 e. The maximum Gasteiger partial charge on any atom is 0.225 e. The van der Waals surface area contributed by atoms with Gasteiger partial charge in [0.25, 0.3) is 0 Å². The predicted octanol–water partition coefficient (Wildman–Crippen LogP) is 2.19. The summed E-state index contributed by atoms with van der Waals surface area (Å²) in [7, 11) is 0. The molecule has 1 aliphatic rings. The average Bonchev–Trinajstić information content (AvgIpc) is 3.38. The van der Waals surface area contributed by atoms with Crippen LogP contribution in [0.4, 0.5) is 5.95 Å². The van der Waals surface area contributed by atoms with E-state index in [9.17, 15) is 4.79 Å². The van der Waals surface area contributed by atoms with Crippen molar-refractivity contribution in [2.45, 2.75) is 32.2 Å². The van der Waals surface area contributed by atoms with E-state index in [1.165, 1.54) is 0 Å². The molecule has 1 saturated carbocycles. The van der Waals surface area contributed by atoms with Crippen LogP contribution in [0, 0.1) is 12.8 Å². The minimum absolute atomic E-state index is 0.0805. The summed E-state index contributed by atoms with van der Waals surface area (Å²) < 4.78 is 2.80. The molecule has 10 heteroatoms. The number of hydrogen-bond acceptors (Lipinski definition) is 8. The summed E-state index contributed by atoms with van der Waals surface area (Å²) in [5, 5.41) is 12.8. The molecule has 28 heavy (non-hydrogen) atoms. The van der Waals surface area contributed by atoms with Crippen LogP contribution in [0.2, 0.25) is 0 Å². The van der Waals surface area contributed by atoms with Crippen molar-refractivity contribution < 1.29 is 4.79 Å². The topological polar surface area (TPSA) is 124 Å². The normalized spacial score (nSPS) is 19.5. The molecule has 1 aliphatic carbocycles. The second-order valence-corrected chi connectivity index (χ2v) is 8.28. The number of thiazole rings is 1. The molecule has 0 radical (unpaired) electrons. The Balaban J connectivity index is 1.47. The van der Waals surface area contributed by atoms with Gasteiger partial charge < -0.3 is 11.1 Å². The third-order valence-corrected chi connectivity index (χ3v) is 6.02. The number of anilines is 1. The number of nitrogens with one attached hydrogen (secondary N) is 1. The van der Waals surface area contributed by atoms with E-state index >= 15 is 0 Å². The fourth-order valence-electron chi connectivity index (χ4n) is 3.69. The molecule has 0 spiro atoms. The number of carbonyl (C=O) groups is 1. The van der Waals surface area contributed by atoms with Crippen molar-refractivity contribution in [1.29, 1.82) is 0 Å². The molecule has 3 aromatic heterocycles. The lowest BCUT2D eigenvalue weighted by atomic mass is 10.1. The number of aromatic nitrogens is 6. The first-order valence-electron chi connectivity index (χ1n) is 9.09. The van der Waals surface area contributed by atoms with Crippen LogP contribution in [0.5, 0.6) is 0 Å². The Hall–Kier alpha value is -3.14. The van der Waals surface area contributed by atoms with Crippen molar-refractivity contribution in [2.24, 2.45) is 11.7 Å². The second kappa shape index (κ2) is 6.48. The first-order valence-corrected chi connectivity index (χ1v) is 9.90. The maximum absolute atomic E-state index is 11.4. The zero-order valence-corrected chi connectivity index (χ0v) is 16.0. The van der Waals surface area contributed by atoms with Gasteiger partial charge in [0.2, 0.25) is 11.9 Å². The van der Waals surface area contributed by atoms with Gasteiger partial charge in [-0.25, -0.2) is 9.97 Å². The van der Waals surface area contributed by atoms with Crippen LogP contribution in [0.3, 0.4) is 0 Å². The highest BCUT2D eigenvalue weighted by atomic mass is 32.1. The quantitative estimate of drug-likeness (QED) is 0.543. The predicted molar refractivity (Wildman–Crippen MR) is 106 cm³/mol. The molecule has 1 unspecified atom stereocenters. The van der Waals surface area contributed by atoms with E-state index in [1.807, 2.05) is 25.1 Å². The SMILES string of the molecule is Cc1nc2ccc(-n3nnc4cnc(NC5CC[C@@H](C(N)=O)C5)nc43)cc2s1. The van der Waals surface area contributed by atoms with Gasteiger partial charge in [-0.05, 0) is 44.4 Å². The van der Waals surface area contributed by atoms with Crippen LogP contribution in [0.25, 0.3) is 27.1 Å². The fourth-order valence-corrected chi connectivity index (χ4v) is 4.55. The van der Waals surface area contributed by atoms with Gasteiger partial charge in [0.05, 0.1) is 27.1 Å². The monoisotopic (exact) mass is 394 g/mol. The number of aryl methyl sites for hydroxylation is 1. The Morgan fingerprint density at radius 1 is 1.29 bits per heavy atom. The summed E-state index contributed by atoms with van der Waals surface area (Å²) in [6.45, 7) is 1.99. The number of fused-ring (bicyclic) bond motifs is 2. The zero-order valence-electron chi connectivity index (χ0n) is 15.2. The number of hydrogen-bond donors (Lipinski definition) is 2. The smallest absolute Gasteiger partial charge is 0.225 e. The van der Waals surface area contributed by atoms with Crippen molar-refractivity contribution in [3.63, 3.8) is 0 Å². The van der Waals surface area contributed by atoms with Crippen molar-refractivity contribution in [3.8, 4) is 5.69 Å². The highest BCUT2D eigenvalue weighted by molar-refractivity contribution is 7.18. The summed E-state index contributed by atoms with van der Waals surface area (Å²) in [5.74, 6) is 0.181. The number of carbonyl (C=O) groups excluding carboxylic acids is 1. The number of amides is 1. The molecule has 1 fully saturated rings. The molecular weight excluding hydrogens is 376 g/mol. The van der Waals surface area contributed by atoms with E-state index in [1.54, 1.807) is 22.2 Å². The Bertz CT molecular complexity index is 1200. The summed E-state index contributed by atoms with van der Waals surface area (Å²) in [6, 6.07) is 6.11. The Kier molecular flexibility index (Phi) is 3.93. The van der Waals surface area contributed by atoms with Gasteiger partial charge in [-0.2, -0.15) is 9.67 Å². The van der Waals surface area contributed by atoms with Crippen LogP contribution in [0.15, 0.2) is 24.4 Å². The van der Waals surface area contributed by atoms with Crippen LogP contribution in [-0.4, -0.2) is 41.9 Å². The lowest BCUT2D eigenvalue weighted by Crippen LogP contribution is -2.23. The number of nitrogens with zero attached hydrogens (tertiary/aromatic N) is 6. The molecule has 2 atom stereocenters. The number of benzene rings is 1. The highest BCUT2D eigenvalue weighted by Crippen LogP contribution is 2.28. The second-order valence-electron chi connectivity index (χ2n) is 7.04. The molecule has 0 saturated heterocycles. The summed E-state index contributed by atoms with van der Waals surface area (Å²) in [4.78, 5) is 24.8. The van der Waals surface area contributed by atoms with E-state index in [-0.39, 0.29) is 17.9 Å². The lowest BCUT2D eigenvalue weighted by molar-refractivity contribution is -0.121. The molecule has 1 aromatic carbocycles. The van der Waals surface area contributed by atoms with Gasteiger partial charge in [0.15, 0.2) is 11.2 Å². The molecule has 142 valence electrons. The zero-order chi connectivity index (χ0) is 19.3. The van der Waals surface area contributed by atoms with E-state index in [2.05, 4.69) is 30.6 Å². The average molecular weight is 394 g/mol. The van der Waals surface area contributed by atoms with Crippen LogP contribution >= 0.6 is 11.3 Å². The first-order chi connectivity index (χ1) is 13.6. The first kappa shape index (κ1) is 17.0. The third kappa shape index (κ3) is 2.95. The standard InChI is InChI=1S/C18H18N8OS/c1-9-21-13-5-4-12(7-15(13)28-9)26-17-14(24-25-26)8-20-18(23-17)22-11-3-2-10(6-11)16(19)27/h4-5,7-8,10-11H,2-3,6H2,1H3,(H2,19,27)(H,20,22,23)/t10-,11?/m1/s1. The van der Waals surface area contributed by atoms with E-state index < -0.39 is 0 Å². The van der Waals surface area contributed by atoms with E-state index in [0.29, 0.717) is 23.5 Å². The van der Waals surface area contributed by atoms with Crippen LogP contribution in [-0.2, 0) is 4.79 Å². The number of primary amides is 1. The van der Waals surface area contributed by atoms with Gasteiger partial charge in [-0.3, -0.25) is 4.79 Å². The van der Waals surface area contributed by atoms with Crippen molar-refractivity contribution in [2.75, 3.05) is 5.32 Å². The summed E-state index contributed by atoms with van der Waals surface area (Å²) in [6.07, 6.45) is 4.02. The fraction of sp³-hybridized carbons (Fsp3) is 0.333. The molecule has 3 heterocycles. The van der Waals surface area contributed by atoms with Crippen molar-refractivity contribution in [1.82, 2.24) is 29.9 Å². The minimum Gasteiger partial charge on any atom is -0.369 e. The Morgan fingerprint density at radius 2 is 2.18 bits per heavy atom. The van der Waals surface area contributed by atoms with Gasteiger partial charge in [0.1, 0.15) is 0 Å². The highest BCUT2D eigenvalue weighted by Gasteiger charge is 2.28. The Morgan fingerprint density at radius 3 is 3.00 bits per heavy atom. The molecule has 0 bridgehead atoms. The van der Waals surface area contributed by atoms with Crippen LogP contribution in [0.1, 0.15) is 24.3 Å². The third-order valence-electron chi connectivity index (χ3n) is 5.08. The molecule has 9 nitrogen and oxygen atoms in total. The molecular formula is C18H18N8OS. The molecule has 0 aliphatic heterocycles. The van der Waals surface area contributed by atoms with E-state index in [4.69, 9.17) is 5.73 Å². The number of rotatable bonds is 4. The van der Waals surface area contributed by atoms with Gasteiger partial charge in [0, 0.05) is 12.0 Å². The van der Waals surface area contributed by atoms with Gasteiger partial charge in [-0.1, -0.05) is 5.21 Å². The summed E-state index contributed by atoms with van der Waals surface area (Å²) in [5.41, 5.74) is 8.51. The molecule has 3 N–H and O–H groups in total. The van der Waals surface area contributed by atoms with E-state index in [0.717, 1.165) is 33.8 Å². The van der Waals surface area contributed by atoms with Gasteiger partial charge in [-0.15, -0.1) is 16.4 Å².